The number of nitrogens with zero attached hydrogens (tertiary/aromatic N) is 2. The van der Waals surface area contributed by atoms with Gasteiger partial charge in [0, 0.05) is 38.5 Å². The summed E-state index contributed by atoms with van der Waals surface area (Å²) in [5, 5.41) is 9.40. The van der Waals surface area contributed by atoms with Crippen LogP contribution in [0.25, 0.3) is 0 Å². The highest BCUT2D eigenvalue weighted by Crippen LogP contribution is 2.46. The first kappa shape index (κ1) is 32.7. The molecule has 41 heavy (non-hydrogen) atoms. The van der Waals surface area contributed by atoms with Gasteiger partial charge in [0.15, 0.2) is 0 Å². The minimum atomic E-state index is -4.80. The summed E-state index contributed by atoms with van der Waals surface area (Å²) in [5.41, 5.74) is -1.04. The Hall–Kier alpha value is -2.85. The zero-order valence-electron chi connectivity index (χ0n) is 23.5. The highest BCUT2D eigenvalue weighted by molar-refractivity contribution is 8.09. The van der Waals surface area contributed by atoms with Crippen LogP contribution in [-0.4, -0.2) is 96.9 Å². The Kier molecular flexibility index (Phi) is 8.84. The lowest BCUT2D eigenvalue weighted by atomic mass is 9.92. The van der Waals surface area contributed by atoms with Crippen molar-refractivity contribution in [1.82, 2.24) is 9.80 Å². The number of hydrogen-bond acceptors (Lipinski definition) is 9. The van der Waals surface area contributed by atoms with E-state index in [0.717, 1.165) is 24.0 Å². The molecular formula is C25H34F2N2O10S2. The van der Waals surface area contributed by atoms with Crippen LogP contribution in [-0.2, 0) is 45.2 Å². The summed E-state index contributed by atoms with van der Waals surface area (Å²) >= 11 is 0. The van der Waals surface area contributed by atoms with Crippen LogP contribution in [0.1, 0.15) is 46.1 Å². The summed E-state index contributed by atoms with van der Waals surface area (Å²) < 4.78 is 89.1. The number of sulfone groups is 2. The van der Waals surface area contributed by atoms with E-state index in [1.165, 1.54) is 0 Å². The second-order valence-electron chi connectivity index (χ2n) is 11.5. The number of rotatable bonds is 7. The number of aliphatic carboxylic acids is 1. The third kappa shape index (κ3) is 6.64. The summed E-state index contributed by atoms with van der Waals surface area (Å²) in [6.45, 7) is 5.54. The molecule has 2 fully saturated rings. The number of hydrogen-bond donors (Lipinski definition) is 1. The van der Waals surface area contributed by atoms with Crippen LogP contribution < -0.4 is 0 Å². The van der Waals surface area contributed by atoms with Crippen LogP contribution in [0.3, 0.4) is 0 Å². The molecule has 3 rings (SSSR count). The average Bonchev–Trinajstić information content (AvgIpc) is 3.30. The van der Waals surface area contributed by atoms with Crippen molar-refractivity contribution >= 4 is 37.6 Å². The van der Waals surface area contributed by atoms with E-state index in [1.807, 2.05) is 0 Å². The van der Waals surface area contributed by atoms with Gasteiger partial charge < -0.3 is 19.5 Å². The molecule has 0 saturated carbocycles. The van der Waals surface area contributed by atoms with Gasteiger partial charge in [0.05, 0.1) is 12.1 Å². The van der Waals surface area contributed by atoms with Crippen molar-refractivity contribution in [3.05, 3.63) is 35.4 Å². The van der Waals surface area contributed by atoms with Gasteiger partial charge in [-0.3, -0.25) is 14.5 Å². The molecule has 0 aromatic heterocycles. The molecule has 0 radical (unpaired) electrons. The van der Waals surface area contributed by atoms with Crippen molar-refractivity contribution in [3.63, 3.8) is 0 Å². The molecule has 230 valence electrons. The van der Waals surface area contributed by atoms with Crippen molar-refractivity contribution in [3.8, 4) is 0 Å². The fraction of sp³-hybridized carbons (Fsp3) is 0.640. The summed E-state index contributed by atoms with van der Waals surface area (Å²) in [6, 6.07) is -0.176. The van der Waals surface area contributed by atoms with Gasteiger partial charge >= 0.3 is 16.5 Å². The second kappa shape index (κ2) is 11.1. The van der Waals surface area contributed by atoms with Gasteiger partial charge in [0.2, 0.25) is 25.6 Å². The van der Waals surface area contributed by atoms with Crippen molar-refractivity contribution in [2.45, 2.75) is 75.1 Å². The van der Waals surface area contributed by atoms with Gasteiger partial charge in [-0.05, 0) is 57.2 Å². The highest BCUT2D eigenvalue weighted by atomic mass is 32.3. The van der Waals surface area contributed by atoms with E-state index >= 15 is 0 Å². The number of carbonyl (C=O) groups excluding carboxylic acids is 2. The molecule has 4 atom stereocenters. The van der Waals surface area contributed by atoms with E-state index in [4.69, 9.17) is 9.47 Å². The summed E-state index contributed by atoms with van der Waals surface area (Å²) in [4.78, 5) is 39.5. The number of carbonyl (C=O) groups is 3. The molecule has 0 bridgehead atoms. The van der Waals surface area contributed by atoms with Gasteiger partial charge in [0.1, 0.15) is 23.3 Å². The van der Waals surface area contributed by atoms with E-state index in [-0.39, 0.29) is 24.9 Å². The molecule has 1 aromatic carbocycles. The molecule has 2 heterocycles. The highest BCUT2D eigenvalue weighted by Gasteiger charge is 2.69. The van der Waals surface area contributed by atoms with Crippen molar-refractivity contribution in [2.24, 2.45) is 5.92 Å². The molecule has 1 N–H and O–H groups in total. The smallest absolute Gasteiger partial charge is 0.410 e. The maximum absolute atomic E-state index is 14.1. The number of carboxylic acids is 1. The van der Waals surface area contributed by atoms with Crippen LogP contribution in [0.4, 0.5) is 13.6 Å². The predicted molar refractivity (Wildman–Crippen MR) is 141 cm³/mol. The average molecular weight is 625 g/mol. The number of benzene rings is 1. The van der Waals surface area contributed by atoms with Crippen molar-refractivity contribution in [2.75, 3.05) is 19.1 Å². The van der Waals surface area contributed by atoms with Crippen LogP contribution in [0.5, 0.6) is 0 Å². The fourth-order valence-electron chi connectivity index (χ4n) is 5.60. The Morgan fingerprint density at radius 2 is 1.61 bits per heavy atom. The standard InChI is InChI=1S/C25H34F2N2O10S2/c1-14(30)29-20(9-15-7-17(26)12-18(27)8-15)22(38-25(29,40(5,34)35)41(6,36)37)19-10-16(11-21(31)32)13-28(19)23(33)39-24(2,3)4/h7-8,12,16,19-20,22H,9-11,13H2,1-6H3,(H,31,32)/t16?,19-,20+,22+/m1/s1. The minimum absolute atomic E-state index is 0.0472. The summed E-state index contributed by atoms with van der Waals surface area (Å²) in [7, 11) is -9.60. The predicted octanol–water partition coefficient (Wildman–Crippen LogP) is 1.92. The Balaban J connectivity index is 2.26. The van der Waals surface area contributed by atoms with Crippen LogP contribution in [0, 0.1) is 17.6 Å². The Morgan fingerprint density at radius 1 is 1.07 bits per heavy atom. The molecule has 2 aliphatic heterocycles. The lowest BCUT2D eigenvalue weighted by molar-refractivity contribution is -0.138. The van der Waals surface area contributed by atoms with Gasteiger partial charge in [0.25, 0.3) is 0 Å². The zero-order valence-corrected chi connectivity index (χ0v) is 25.1. The van der Waals surface area contributed by atoms with Gasteiger partial charge in [-0.25, -0.2) is 30.4 Å². The molecule has 0 spiro atoms. The Labute approximate surface area is 237 Å². The maximum atomic E-state index is 14.1. The molecule has 2 saturated heterocycles. The maximum Gasteiger partial charge on any atom is 0.410 e. The largest absolute Gasteiger partial charge is 0.481 e. The van der Waals surface area contributed by atoms with Crippen LogP contribution in [0.2, 0.25) is 0 Å². The second-order valence-corrected chi connectivity index (χ2v) is 15.9. The third-order valence-electron chi connectivity index (χ3n) is 6.84. The summed E-state index contributed by atoms with van der Waals surface area (Å²) in [5.74, 6) is -4.82. The topological polar surface area (TPSA) is 165 Å². The van der Waals surface area contributed by atoms with E-state index in [1.54, 1.807) is 20.8 Å². The lowest BCUT2D eigenvalue weighted by Crippen LogP contribution is -2.60. The zero-order chi connectivity index (χ0) is 31.3. The molecule has 2 amide bonds. The van der Waals surface area contributed by atoms with Crippen molar-refractivity contribution in [1.29, 1.82) is 0 Å². The van der Waals surface area contributed by atoms with E-state index in [9.17, 15) is 45.1 Å². The fourth-order valence-corrected chi connectivity index (χ4v) is 9.61. The molecule has 16 heteroatoms. The third-order valence-corrected chi connectivity index (χ3v) is 11.1. The number of likely N-dealkylation sites (tertiary alicyclic amines) is 1. The summed E-state index contributed by atoms with van der Waals surface area (Å²) in [6.07, 6.45) is -2.26. The van der Waals surface area contributed by atoms with E-state index < -0.39 is 89.8 Å². The van der Waals surface area contributed by atoms with Crippen LogP contribution in [0.15, 0.2) is 18.2 Å². The first-order chi connectivity index (χ1) is 18.6. The molecular weight excluding hydrogens is 590 g/mol. The quantitative estimate of drug-likeness (QED) is 0.474. The lowest BCUT2D eigenvalue weighted by Gasteiger charge is -2.35. The molecule has 1 unspecified atom stereocenters. The monoisotopic (exact) mass is 624 g/mol. The normalized spacial score (nSPS) is 24.9. The number of amides is 2. The molecule has 2 aliphatic rings. The molecule has 1 aromatic rings. The number of ether oxygens (including phenoxy) is 2. The molecule has 0 aliphatic carbocycles. The minimum Gasteiger partial charge on any atom is -0.481 e. The first-order valence-corrected chi connectivity index (χ1v) is 16.4. The van der Waals surface area contributed by atoms with Crippen LogP contribution >= 0.6 is 0 Å². The van der Waals surface area contributed by atoms with Gasteiger partial charge in [-0.1, -0.05) is 0 Å². The van der Waals surface area contributed by atoms with Gasteiger partial charge in [-0.2, -0.15) is 0 Å². The van der Waals surface area contributed by atoms with E-state index in [2.05, 4.69) is 0 Å². The first-order valence-electron chi connectivity index (χ1n) is 12.6. The SMILES string of the molecule is CC(=O)N1[C@@H](Cc2cc(F)cc(F)c2)[C@H]([C@H]2CC(CC(=O)O)CN2C(=O)OC(C)(C)C)OC1(S(C)(=O)=O)S(C)(=O)=O. The Bertz CT molecular complexity index is 1390. The van der Waals surface area contributed by atoms with Gasteiger partial charge in [-0.15, -0.1) is 0 Å². The molecule has 12 nitrogen and oxygen atoms in total. The number of halogens is 2. The Morgan fingerprint density at radius 3 is 2.05 bits per heavy atom. The van der Waals surface area contributed by atoms with Crippen molar-refractivity contribution < 1.29 is 54.6 Å². The number of carboxylic acid groups (broad SMARTS) is 1. The van der Waals surface area contributed by atoms with E-state index in [0.29, 0.717) is 23.5 Å².